The molecule has 0 aliphatic carbocycles. The molecule has 0 atom stereocenters. The lowest BCUT2D eigenvalue weighted by molar-refractivity contribution is -0.118. The van der Waals surface area contributed by atoms with E-state index in [1.807, 2.05) is 6.07 Å². The van der Waals surface area contributed by atoms with Crippen LogP contribution in [0.15, 0.2) is 48.5 Å². The van der Waals surface area contributed by atoms with E-state index in [-0.39, 0.29) is 18.4 Å². The van der Waals surface area contributed by atoms with Crippen LogP contribution < -0.4 is 20.1 Å². The Balaban J connectivity index is 1.84. The second kappa shape index (κ2) is 10.1. The number of amides is 2. The van der Waals surface area contributed by atoms with Crippen molar-refractivity contribution in [2.75, 3.05) is 25.6 Å². The summed E-state index contributed by atoms with van der Waals surface area (Å²) in [6.45, 7) is 2.59. The highest BCUT2D eigenvalue weighted by Gasteiger charge is 2.08. The average molecular weight is 356 g/mol. The SMILES string of the molecule is CCCCNC(=O)c1ccc(NC(=O)COc2ccccc2OC)cc1. The zero-order valence-corrected chi connectivity index (χ0v) is 15.1. The monoisotopic (exact) mass is 356 g/mol. The summed E-state index contributed by atoms with van der Waals surface area (Å²) < 4.78 is 10.6. The smallest absolute Gasteiger partial charge is 0.262 e. The van der Waals surface area contributed by atoms with E-state index >= 15 is 0 Å². The van der Waals surface area contributed by atoms with Gasteiger partial charge in [0, 0.05) is 17.8 Å². The first-order chi connectivity index (χ1) is 12.6. The van der Waals surface area contributed by atoms with Crippen LogP contribution in [0.1, 0.15) is 30.1 Å². The molecule has 26 heavy (non-hydrogen) atoms. The first kappa shape index (κ1) is 19.3. The number of rotatable bonds is 9. The Labute approximate surface area is 153 Å². The highest BCUT2D eigenvalue weighted by Crippen LogP contribution is 2.25. The third-order valence-electron chi connectivity index (χ3n) is 3.67. The summed E-state index contributed by atoms with van der Waals surface area (Å²) in [5.74, 6) is 0.662. The second-order valence-electron chi connectivity index (χ2n) is 5.67. The predicted octanol–water partition coefficient (Wildman–Crippen LogP) is 3.24. The summed E-state index contributed by atoms with van der Waals surface area (Å²) in [6.07, 6.45) is 1.98. The molecular formula is C20H24N2O4. The van der Waals surface area contributed by atoms with Gasteiger partial charge in [-0.1, -0.05) is 25.5 Å². The van der Waals surface area contributed by atoms with E-state index in [2.05, 4.69) is 17.6 Å². The van der Waals surface area contributed by atoms with Crippen LogP contribution in [-0.2, 0) is 4.79 Å². The molecule has 2 aromatic carbocycles. The zero-order valence-electron chi connectivity index (χ0n) is 15.1. The van der Waals surface area contributed by atoms with E-state index in [1.165, 1.54) is 0 Å². The molecule has 0 aliphatic rings. The van der Waals surface area contributed by atoms with Gasteiger partial charge in [0.25, 0.3) is 11.8 Å². The second-order valence-corrected chi connectivity index (χ2v) is 5.67. The molecule has 0 aromatic heterocycles. The van der Waals surface area contributed by atoms with Gasteiger partial charge in [0.1, 0.15) is 0 Å². The number of carbonyl (C=O) groups excluding carboxylic acids is 2. The quantitative estimate of drug-likeness (QED) is 0.676. The van der Waals surface area contributed by atoms with Crippen LogP contribution >= 0.6 is 0 Å². The maximum absolute atomic E-state index is 12.0. The van der Waals surface area contributed by atoms with Crippen molar-refractivity contribution in [3.63, 3.8) is 0 Å². The lowest BCUT2D eigenvalue weighted by atomic mass is 10.2. The molecule has 6 heteroatoms. The zero-order chi connectivity index (χ0) is 18.8. The summed E-state index contributed by atoms with van der Waals surface area (Å²) in [6, 6.07) is 13.9. The number of anilines is 1. The fourth-order valence-electron chi connectivity index (χ4n) is 2.26. The number of para-hydroxylation sites is 2. The molecule has 138 valence electrons. The van der Waals surface area contributed by atoms with Crippen molar-refractivity contribution >= 4 is 17.5 Å². The van der Waals surface area contributed by atoms with Crippen molar-refractivity contribution in [3.8, 4) is 11.5 Å². The third-order valence-corrected chi connectivity index (χ3v) is 3.67. The van der Waals surface area contributed by atoms with Crippen molar-refractivity contribution in [2.45, 2.75) is 19.8 Å². The molecule has 2 rings (SSSR count). The summed E-state index contributed by atoms with van der Waals surface area (Å²) in [7, 11) is 1.54. The molecule has 6 nitrogen and oxygen atoms in total. The Morgan fingerprint density at radius 3 is 2.35 bits per heavy atom. The minimum Gasteiger partial charge on any atom is -0.493 e. The van der Waals surface area contributed by atoms with Gasteiger partial charge in [0.05, 0.1) is 7.11 Å². The Morgan fingerprint density at radius 1 is 1.00 bits per heavy atom. The van der Waals surface area contributed by atoms with Crippen LogP contribution in [0.25, 0.3) is 0 Å². The van der Waals surface area contributed by atoms with Crippen molar-refractivity contribution in [2.24, 2.45) is 0 Å². The molecule has 0 aliphatic heterocycles. The number of nitrogens with one attached hydrogen (secondary N) is 2. The lowest BCUT2D eigenvalue weighted by Crippen LogP contribution is -2.24. The molecule has 2 N–H and O–H groups in total. The van der Waals surface area contributed by atoms with Gasteiger partial charge in [-0.3, -0.25) is 9.59 Å². The van der Waals surface area contributed by atoms with Crippen LogP contribution in [0.5, 0.6) is 11.5 Å². The van der Waals surface area contributed by atoms with Crippen LogP contribution in [0.4, 0.5) is 5.69 Å². The van der Waals surface area contributed by atoms with Crippen LogP contribution in [-0.4, -0.2) is 32.1 Å². The van der Waals surface area contributed by atoms with Gasteiger partial charge in [-0.05, 0) is 42.8 Å². The van der Waals surface area contributed by atoms with Gasteiger partial charge in [0.2, 0.25) is 0 Å². The van der Waals surface area contributed by atoms with Crippen molar-refractivity contribution in [3.05, 3.63) is 54.1 Å². The van der Waals surface area contributed by atoms with E-state index in [1.54, 1.807) is 49.6 Å². The standard InChI is InChI=1S/C20H24N2O4/c1-3-4-13-21-20(24)15-9-11-16(12-10-15)22-19(23)14-26-18-8-6-5-7-17(18)25-2/h5-12H,3-4,13-14H2,1-2H3,(H,21,24)(H,22,23). The Bertz CT molecular complexity index is 729. The minimum atomic E-state index is -0.295. The topological polar surface area (TPSA) is 76.7 Å². The van der Waals surface area contributed by atoms with E-state index in [4.69, 9.17) is 9.47 Å². The normalized spacial score (nSPS) is 10.1. The number of benzene rings is 2. The van der Waals surface area contributed by atoms with Gasteiger partial charge in [-0.2, -0.15) is 0 Å². The number of unbranched alkanes of at least 4 members (excludes halogenated alkanes) is 1. The maximum Gasteiger partial charge on any atom is 0.262 e. The molecule has 0 heterocycles. The molecule has 0 bridgehead atoms. The molecule has 2 amide bonds. The number of carbonyl (C=O) groups is 2. The first-order valence-corrected chi connectivity index (χ1v) is 8.58. The number of ether oxygens (including phenoxy) is 2. The van der Waals surface area contributed by atoms with Crippen LogP contribution in [0.3, 0.4) is 0 Å². The predicted molar refractivity (Wildman–Crippen MR) is 101 cm³/mol. The molecule has 0 spiro atoms. The average Bonchev–Trinajstić information content (AvgIpc) is 2.67. The molecular weight excluding hydrogens is 332 g/mol. The molecule has 0 saturated heterocycles. The van der Waals surface area contributed by atoms with Gasteiger partial charge in [0.15, 0.2) is 18.1 Å². The molecule has 0 saturated carbocycles. The van der Waals surface area contributed by atoms with Gasteiger partial charge in [-0.15, -0.1) is 0 Å². The molecule has 0 radical (unpaired) electrons. The van der Waals surface area contributed by atoms with Gasteiger partial charge >= 0.3 is 0 Å². The lowest BCUT2D eigenvalue weighted by Gasteiger charge is -2.11. The highest BCUT2D eigenvalue weighted by molar-refractivity contribution is 5.96. The Kier molecular flexibility index (Phi) is 7.49. The van der Waals surface area contributed by atoms with E-state index in [9.17, 15) is 9.59 Å². The molecule has 2 aromatic rings. The Hall–Kier alpha value is -3.02. The van der Waals surface area contributed by atoms with Gasteiger partial charge in [-0.25, -0.2) is 0 Å². The third kappa shape index (κ3) is 5.81. The minimum absolute atomic E-state index is 0.115. The Morgan fingerprint density at radius 2 is 1.69 bits per heavy atom. The fraction of sp³-hybridized carbons (Fsp3) is 0.300. The summed E-state index contributed by atoms with van der Waals surface area (Å²) in [5, 5.41) is 5.58. The fourth-order valence-corrected chi connectivity index (χ4v) is 2.26. The number of hydrogen-bond acceptors (Lipinski definition) is 4. The molecule has 0 fully saturated rings. The van der Waals surface area contributed by atoms with Crippen molar-refractivity contribution < 1.29 is 19.1 Å². The number of methoxy groups -OCH3 is 1. The van der Waals surface area contributed by atoms with Crippen molar-refractivity contribution in [1.29, 1.82) is 0 Å². The molecule has 0 unspecified atom stereocenters. The summed E-state index contributed by atoms with van der Waals surface area (Å²) >= 11 is 0. The summed E-state index contributed by atoms with van der Waals surface area (Å²) in [4.78, 5) is 24.0. The highest BCUT2D eigenvalue weighted by atomic mass is 16.5. The summed E-state index contributed by atoms with van der Waals surface area (Å²) in [5.41, 5.74) is 1.16. The van der Waals surface area contributed by atoms with E-state index in [0.717, 1.165) is 12.8 Å². The van der Waals surface area contributed by atoms with Gasteiger partial charge < -0.3 is 20.1 Å². The maximum atomic E-state index is 12.0. The van der Waals surface area contributed by atoms with Crippen molar-refractivity contribution in [1.82, 2.24) is 5.32 Å². The number of hydrogen-bond donors (Lipinski definition) is 2. The first-order valence-electron chi connectivity index (χ1n) is 8.58. The largest absolute Gasteiger partial charge is 0.493 e. The van der Waals surface area contributed by atoms with Crippen LogP contribution in [0, 0.1) is 0 Å². The van der Waals surface area contributed by atoms with Crippen LogP contribution in [0.2, 0.25) is 0 Å². The van der Waals surface area contributed by atoms with E-state index in [0.29, 0.717) is 29.3 Å². The van der Waals surface area contributed by atoms with E-state index < -0.39 is 0 Å².